The molecule has 0 saturated carbocycles. The van der Waals surface area contributed by atoms with Gasteiger partial charge in [0.25, 0.3) is 0 Å². The Labute approximate surface area is 124 Å². The molecule has 0 atom stereocenters. The summed E-state index contributed by atoms with van der Waals surface area (Å²) in [4.78, 5) is 11.4. The highest BCUT2D eigenvalue weighted by Gasteiger charge is 2.21. The first-order valence-electron chi connectivity index (χ1n) is 7.87. The van der Waals surface area contributed by atoms with Gasteiger partial charge >= 0.3 is 0 Å². The molecule has 0 aliphatic carbocycles. The van der Waals surface area contributed by atoms with Gasteiger partial charge < -0.3 is 10.2 Å². The van der Waals surface area contributed by atoms with E-state index >= 15 is 0 Å². The number of anilines is 2. The van der Waals surface area contributed by atoms with Crippen LogP contribution in [-0.2, 0) is 0 Å². The van der Waals surface area contributed by atoms with Crippen molar-refractivity contribution in [3.05, 3.63) is 11.9 Å². The minimum absolute atomic E-state index is 0.542. The molecule has 1 N–H and O–H groups in total. The van der Waals surface area contributed by atoms with Gasteiger partial charge in [-0.3, -0.25) is 0 Å². The van der Waals surface area contributed by atoms with Gasteiger partial charge in [0.05, 0.1) is 0 Å². The van der Waals surface area contributed by atoms with Gasteiger partial charge in [0.2, 0.25) is 0 Å². The summed E-state index contributed by atoms with van der Waals surface area (Å²) >= 11 is 0. The van der Waals surface area contributed by atoms with Gasteiger partial charge in [-0.25, -0.2) is 9.97 Å². The maximum Gasteiger partial charge on any atom is 0.137 e. The molecule has 20 heavy (non-hydrogen) atoms. The molecule has 0 unspecified atom stereocenters. The second-order valence-electron chi connectivity index (χ2n) is 5.72. The molecule has 0 spiro atoms. The lowest BCUT2D eigenvalue weighted by Gasteiger charge is -2.34. The highest BCUT2D eigenvalue weighted by atomic mass is 15.2. The number of hydrogen-bond acceptors (Lipinski definition) is 4. The van der Waals surface area contributed by atoms with Crippen molar-refractivity contribution in [1.29, 1.82) is 0 Å². The zero-order valence-electron chi connectivity index (χ0n) is 13.9. The minimum Gasteiger partial charge on any atom is -0.370 e. The normalized spacial score (nSPS) is 11.2. The molecule has 0 bridgehead atoms. The average Bonchev–Trinajstić information content (AvgIpc) is 2.41. The van der Waals surface area contributed by atoms with Crippen molar-refractivity contribution in [3.8, 4) is 0 Å². The fraction of sp³-hybridized carbons (Fsp3) is 0.750. The fourth-order valence-corrected chi connectivity index (χ4v) is 2.61. The molecule has 0 fully saturated rings. The SMILES string of the molecule is CCNc1ncnc(N(CC(C)C)C(CC)CC)c1C. The van der Waals surface area contributed by atoms with Crippen LogP contribution in [0.3, 0.4) is 0 Å². The van der Waals surface area contributed by atoms with Gasteiger partial charge in [0.1, 0.15) is 18.0 Å². The standard InChI is InChI=1S/C16H30N4/c1-7-14(8-2)20(10-12(4)5)16-13(6)15(17-9-3)18-11-19-16/h11-12,14H,7-10H2,1-6H3,(H,17,18,19). The molecule has 1 heterocycles. The van der Waals surface area contributed by atoms with E-state index in [2.05, 4.69) is 61.7 Å². The van der Waals surface area contributed by atoms with Gasteiger partial charge in [0, 0.05) is 24.7 Å². The fourth-order valence-electron chi connectivity index (χ4n) is 2.61. The summed E-state index contributed by atoms with van der Waals surface area (Å²) in [6.07, 6.45) is 3.96. The number of aromatic nitrogens is 2. The van der Waals surface area contributed by atoms with Crippen LogP contribution in [0.4, 0.5) is 11.6 Å². The largest absolute Gasteiger partial charge is 0.370 e. The van der Waals surface area contributed by atoms with Crippen molar-refractivity contribution in [2.45, 2.75) is 60.4 Å². The number of nitrogens with one attached hydrogen (secondary N) is 1. The monoisotopic (exact) mass is 278 g/mol. The topological polar surface area (TPSA) is 41.1 Å². The average molecular weight is 278 g/mol. The first-order chi connectivity index (χ1) is 9.54. The van der Waals surface area contributed by atoms with Gasteiger partial charge in [-0.1, -0.05) is 27.7 Å². The molecule has 0 aromatic carbocycles. The number of nitrogens with zero attached hydrogens (tertiary/aromatic N) is 3. The lowest BCUT2D eigenvalue weighted by Crippen LogP contribution is -2.38. The van der Waals surface area contributed by atoms with Gasteiger partial charge in [0.15, 0.2) is 0 Å². The Bertz CT molecular complexity index is 399. The number of rotatable bonds is 8. The summed E-state index contributed by atoms with van der Waals surface area (Å²) in [5, 5.41) is 3.32. The molecule has 1 aromatic heterocycles. The highest BCUT2D eigenvalue weighted by Crippen LogP contribution is 2.26. The third-order valence-electron chi connectivity index (χ3n) is 3.62. The van der Waals surface area contributed by atoms with Crippen LogP contribution >= 0.6 is 0 Å². The lowest BCUT2D eigenvalue weighted by molar-refractivity contribution is 0.502. The lowest BCUT2D eigenvalue weighted by atomic mass is 10.1. The van der Waals surface area contributed by atoms with Crippen LogP contribution < -0.4 is 10.2 Å². The van der Waals surface area contributed by atoms with Crippen LogP contribution in [0.25, 0.3) is 0 Å². The van der Waals surface area contributed by atoms with E-state index in [4.69, 9.17) is 0 Å². The van der Waals surface area contributed by atoms with Crippen LogP contribution in [0.5, 0.6) is 0 Å². The van der Waals surface area contributed by atoms with Crippen molar-refractivity contribution < 1.29 is 0 Å². The van der Waals surface area contributed by atoms with Crippen LogP contribution in [-0.4, -0.2) is 29.1 Å². The molecular weight excluding hydrogens is 248 g/mol. The second-order valence-corrected chi connectivity index (χ2v) is 5.72. The van der Waals surface area contributed by atoms with Crippen LogP contribution in [0, 0.1) is 12.8 Å². The predicted molar refractivity (Wildman–Crippen MR) is 87.5 cm³/mol. The quantitative estimate of drug-likeness (QED) is 0.784. The molecule has 1 aromatic rings. The first-order valence-corrected chi connectivity index (χ1v) is 7.87. The van der Waals surface area contributed by atoms with Crippen molar-refractivity contribution in [1.82, 2.24) is 9.97 Å². The van der Waals surface area contributed by atoms with Crippen LogP contribution in [0.1, 0.15) is 53.0 Å². The van der Waals surface area contributed by atoms with Gasteiger partial charge in [-0.2, -0.15) is 0 Å². The molecule has 0 amide bonds. The smallest absolute Gasteiger partial charge is 0.137 e. The molecule has 0 radical (unpaired) electrons. The van der Waals surface area contributed by atoms with Crippen LogP contribution in [0.15, 0.2) is 6.33 Å². The molecule has 0 saturated heterocycles. The van der Waals surface area contributed by atoms with E-state index in [0.29, 0.717) is 12.0 Å². The number of hydrogen-bond donors (Lipinski definition) is 1. The Morgan fingerprint density at radius 3 is 2.30 bits per heavy atom. The maximum absolute atomic E-state index is 4.57. The van der Waals surface area contributed by atoms with E-state index in [1.54, 1.807) is 6.33 Å². The van der Waals surface area contributed by atoms with Gasteiger partial charge in [-0.15, -0.1) is 0 Å². The predicted octanol–water partition coefficient (Wildman–Crippen LogP) is 3.87. The maximum atomic E-state index is 4.57. The molecular formula is C16H30N4. The molecule has 4 nitrogen and oxygen atoms in total. The Balaban J connectivity index is 3.15. The molecule has 1 rings (SSSR count). The zero-order chi connectivity index (χ0) is 15.1. The molecule has 0 aliphatic heterocycles. The summed E-state index contributed by atoms with van der Waals surface area (Å²) in [7, 11) is 0. The van der Waals surface area contributed by atoms with Gasteiger partial charge in [-0.05, 0) is 32.6 Å². The molecule has 114 valence electrons. The second kappa shape index (κ2) is 8.08. The zero-order valence-corrected chi connectivity index (χ0v) is 13.9. The first kappa shape index (κ1) is 16.7. The van der Waals surface area contributed by atoms with Crippen LogP contribution in [0.2, 0.25) is 0 Å². The van der Waals surface area contributed by atoms with Crippen molar-refractivity contribution in [3.63, 3.8) is 0 Å². The molecule has 4 heteroatoms. The molecule has 0 aliphatic rings. The van der Waals surface area contributed by atoms with E-state index in [-0.39, 0.29) is 0 Å². The summed E-state index contributed by atoms with van der Waals surface area (Å²) in [5.74, 6) is 2.66. The van der Waals surface area contributed by atoms with E-state index in [9.17, 15) is 0 Å². The van der Waals surface area contributed by atoms with E-state index in [0.717, 1.165) is 43.1 Å². The third-order valence-corrected chi connectivity index (χ3v) is 3.62. The van der Waals surface area contributed by atoms with Crippen molar-refractivity contribution in [2.24, 2.45) is 5.92 Å². The Kier molecular flexibility index (Phi) is 6.76. The Hall–Kier alpha value is -1.32. The summed E-state index contributed by atoms with van der Waals surface area (Å²) in [6.45, 7) is 15.2. The third kappa shape index (κ3) is 4.09. The van der Waals surface area contributed by atoms with Crippen molar-refractivity contribution >= 4 is 11.6 Å². The Morgan fingerprint density at radius 2 is 1.80 bits per heavy atom. The highest BCUT2D eigenvalue weighted by molar-refractivity contribution is 5.58. The van der Waals surface area contributed by atoms with E-state index < -0.39 is 0 Å². The summed E-state index contributed by atoms with van der Waals surface area (Å²) < 4.78 is 0. The summed E-state index contributed by atoms with van der Waals surface area (Å²) in [5.41, 5.74) is 1.15. The van der Waals surface area contributed by atoms with Crippen molar-refractivity contribution in [2.75, 3.05) is 23.3 Å². The van der Waals surface area contributed by atoms with E-state index in [1.807, 2.05) is 0 Å². The Morgan fingerprint density at radius 1 is 1.15 bits per heavy atom. The minimum atomic E-state index is 0.542. The van der Waals surface area contributed by atoms with E-state index in [1.165, 1.54) is 0 Å². The summed E-state index contributed by atoms with van der Waals surface area (Å²) in [6, 6.07) is 0.542.